The molecule has 7 nitrogen and oxygen atoms in total. The summed E-state index contributed by atoms with van der Waals surface area (Å²) >= 11 is 0. The lowest BCUT2D eigenvalue weighted by molar-refractivity contribution is 0.293. The van der Waals surface area contributed by atoms with E-state index in [0.717, 1.165) is 16.7 Å². The molecule has 0 amide bonds. The highest BCUT2D eigenvalue weighted by Gasteiger charge is 2.12. The second-order valence-electron chi connectivity index (χ2n) is 6.18. The Balaban J connectivity index is 1.43. The standard InChI is InChI=1S/C21H19N5O2/c1-15-25-21(28-26-15)18-8-5-10-23-20(18)24-13-17-9-11-22-19(12-17)27-14-16-6-3-2-4-7-16/h2-12H,13-14H2,1H3,(H,23,24). The molecule has 3 aromatic heterocycles. The van der Waals surface area contributed by atoms with Gasteiger partial charge in [-0.1, -0.05) is 35.5 Å². The predicted octanol–water partition coefficient (Wildman–Crippen LogP) is 4.03. The lowest BCUT2D eigenvalue weighted by Crippen LogP contribution is -2.04. The number of nitrogens with zero attached hydrogens (tertiary/aromatic N) is 4. The molecular formula is C21H19N5O2. The first-order valence-corrected chi connectivity index (χ1v) is 8.89. The van der Waals surface area contributed by atoms with Crippen LogP contribution in [0.2, 0.25) is 0 Å². The maximum Gasteiger partial charge on any atom is 0.261 e. The predicted molar refractivity (Wildman–Crippen MR) is 105 cm³/mol. The molecule has 3 heterocycles. The van der Waals surface area contributed by atoms with Gasteiger partial charge in [0.05, 0.1) is 5.56 Å². The monoisotopic (exact) mass is 373 g/mol. The van der Waals surface area contributed by atoms with Crippen LogP contribution in [-0.4, -0.2) is 20.1 Å². The average Bonchev–Trinajstić information content (AvgIpc) is 3.18. The lowest BCUT2D eigenvalue weighted by Gasteiger charge is -2.10. The van der Waals surface area contributed by atoms with E-state index < -0.39 is 0 Å². The number of pyridine rings is 2. The normalized spacial score (nSPS) is 10.6. The van der Waals surface area contributed by atoms with Crippen LogP contribution < -0.4 is 10.1 Å². The van der Waals surface area contributed by atoms with Crippen LogP contribution in [0.3, 0.4) is 0 Å². The Bertz CT molecular complexity index is 1050. The van der Waals surface area contributed by atoms with Crippen molar-refractivity contribution in [2.75, 3.05) is 5.32 Å². The quantitative estimate of drug-likeness (QED) is 0.523. The summed E-state index contributed by atoms with van der Waals surface area (Å²) in [4.78, 5) is 12.9. The SMILES string of the molecule is Cc1noc(-c2cccnc2NCc2ccnc(OCc3ccccc3)c2)n1. The van der Waals surface area contributed by atoms with E-state index in [0.29, 0.717) is 36.6 Å². The highest BCUT2D eigenvalue weighted by atomic mass is 16.5. The van der Waals surface area contributed by atoms with Crippen LogP contribution in [0.15, 0.2) is 71.5 Å². The topological polar surface area (TPSA) is 86.0 Å². The molecule has 0 saturated heterocycles. The molecule has 7 heteroatoms. The Labute approximate surface area is 162 Å². The number of aromatic nitrogens is 4. The molecule has 0 fully saturated rings. The van der Waals surface area contributed by atoms with E-state index in [1.807, 2.05) is 54.6 Å². The molecule has 1 N–H and O–H groups in total. The number of hydrogen-bond acceptors (Lipinski definition) is 7. The number of aryl methyl sites for hydroxylation is 1. The van der Waals surface area contributed by atoms with Gasteiger partial charge in [-0.25, -0.2) is 9.97 Å². The van der Waals surface area contributed by atoms with Gasteiger partial charge in [-0.3, -0.25) is 0 Å². The zero-order chi connectivity index (χ0) is 19.2. The molecule has 0 bridgehead atoms. The molecule has 0 aliphatic heterocycles. The van der Waals surface area contributed by atoms with Crippen molar-refractivity contribution in [3.8, 4) is 17.3 Å². The van der Waals surface area contributed by atoms with Gasteiger partial charge in [0.25, 0.3) is 5.89 Å². The van der Waals surface area contributed by atoms with Gasteiger partial charge >= 0.3 is 0 Å². The Morgan fingerprint density at radius 3 is 2.68 bits per heavy atom. The van der Waals surface area contributed by atoms with Crippen LogP contribution in [0.4, 0.5) is 5.82 Å². The molecule has 0 atom stereocenters. The summed E-state index contributed by atoms with van der Waals surface area (Å²) in [6.45, 7) is 2.82. The Kier molecular flexibility index (Phi) is 5.24. The maximum absolute atomic E-state index is 5.79. The van der Waals surface area contributed by atoms with Gasteiger partial charge in [0.2, 0.25) is 5.88 Å². The fraction of sp³-hybridized carbons (Fsp3) is 0.143. The van der Waals surface area contributed by atoms with Gasteiger partial charge in [0.15, 0.2) is 5.82 Å². The molecule has 1 aromatic carbocycles. The summed E-state index contributed by atoms with van der Waals surface area (Å²) < 4.78 is 11.1. The molecule has 4 rings (SSSR count). The first-order chi connectivity index (χ1) is 13.8. The number of hydrogen-bond donors (Lipinski definition) is 1. The Morgan fingerprint density at radius 1 is 0.964 bits per heavy atom. The van der Waals surface area contributed by atoms with Crippen LogP contribution in [0, 0.1) is 6.92 Å². The number of anilines is 1. The second kappa shape index (κ2) is 8.30. The molecule has 0 unspecified atom stereocenters. The van der Waals surface area contributed by atoms with Crippen molar-refractivity contribution in [1.29, 1.82) is 0 Å². The number of rotatable bonds is 7. The smallest absolute Gasteiger partial charge is 0.261 e. The van der Waals surface area contributed by atoms with Gasteiger partial charge in [0, 0.05) is 25.0 Å². The van der Waals surface area contributed by atoms with E-state index in [4.69, 9.17) is 9.26 Å². The summed E-state index contributed by atoms with van der Waals surface area (Å²) in [5, 5.41) is 7.16. The molecule has 0 aliphatic carbocycles. The van der Waals surface area contributed by atoms with E-state index in [9.17, 15) is 0 Å². The van der Waals surface area contributed by atoms with Crippen LogP contribution in [-0.2, 0) is 13.2 Å². The minimum Gasteiger partial charge on any atom is -0.473 e. The first kappa shape index (κ1) is 17.7. The van der Waals surface area contributed by atoms with E-state index in [2.05, 4.69) is 25.4 Å². The molecule has 0 radical (unpaired) electrons. The number of nitrogens with one attached hydrogen (secondary N) is 1. The summed E-state index contributed by atoms with van der Waals surface area (Å²) in [6.07, 6.45) is 3.45. The van der Waals surface area contributed by atoms with Crippen LogP contribution in [0.25, 0.3) is 11.5 Å². The lowest BCUT2D eigenvalue weighted by atomic mass is 10.2. The third kappa shape index (κ3) is 4.32. The first-order valence-electron chi connectivity index (χ1n) is 8.89. The second-order valence-corrected chi connectivity index (χ2v) is 6.18. The van der Waals surface area contributed by atoms with Gasteiger partial charge < -0.3 is 14.6 Å². The number of benzene rings is 1. The maximum atomic E-state index is 5.79. The zero-order valence-corrected chi connectivity index (χ0v) is 15.4. The fourth-order valence-electron chi connectivity index (χ4n) is 2.68. The van der Waals surface area contributed by atoms with Crippen molar-refractivity contribution in [2.45, 2.75) is 20.1 Å². The highest BCUT2D eigenvalue weighted by Crippen LogP contribution is 2.24. The van der Waals surface area contributed by atoms with Crippen molar-refractivity contribution in [1.82, 2.24) is 20.1 Å². The van der Waals surface area contributed by atoms with Gasteiger partial charge in [0.1, 0.15) is 12.4 Å². The number of ether oxygens (including phenoxy) is 1. The third-order valence-corrected chi connectivity index (χ3v) is 4.05. The molecule has 0 aliphatic rings. The van der Waals surface area contributed by atoms with Crippen LogP contribution in [0.1, 0.15) is 17.0 Å². The fourth-order valence-corrected chi connectivity index (χ4v) is 2.68. The summed E-state index contributed by atoms with van der Waals surface area (Å²) in [7, 11) is 0. The minimum atomic E-state index is 0.440. The highest BCUT2D eigenvalue weighted by molar-refractivity contribution is 5.68. The summed E-state index contributed by atoms with van der Waals surface area (Å²) in [5.74, 6) is 2.28. The Morgan fingerprint density at radius 2 is 1.86 bits per heavy atom. The van der Waals surface area contributed by atoms with E-state index in [1.54, 1.807) is 19.3 Å². The average molecular weight is 373 g/mol. The van der Waals surface area contributed by atoms with Gasteiger partial charge in [-0.05, 0) is 36.2 Å². The molecule has 28 heavy (non-hydrogen) atoms. The zero-order valence-electron chi connectivity index (χ0n) is 15.4. The molecule has 0 saturated carbocycles. The van der Waals surface area contributed by atoms with Gasteiger partial charge in [-0.2, -0.15) is 4.98 Å². The summed E-state index contributed by atoms with van der Waals surface area (Å²) in [5.41, 5.74) is 2.88. The van der Waals surface area contributed by atoms with E-state index in [-0.39, 0.29) is 0 Å². The molecule has 0 spiro atoms. The minimum absolute atomic E-state index is 0.440. The molecule has 140 valence electrons. The van der Waals surface area contributed by atoms with Crippen molar-refractivity contribution < 1.29 is 9.26 Å². The van der Waals surface area contributed by atoms with Gasteiger partial charge in [-0.15, -0.1) is 0 Å². The van der Waals surface area contributed by atoms with Crippen LogP contribution in [0.5, 0.6) is 5.88 Å². The Hall–Kier alpha value is -3.74. The van der Waals surface area contributed by atoms with Crippen molar-refractivity contribution in [2.24, 2.45) is 0 Å². The van der Waals surface area contributed by atoms with Crippen LogP contribution >= 0.6 is 0 Å². The molecule has 4 aromatic rings. The summed E-state index contributed by atoms with van der Waals surface area (Å²) in [6, 6.07) is 17.6. The van der Waals surface area contributed by atoms with Crippen molar-refractivity contribution in [3.05, 3.63) is 83.9 Å². The molecular weight excluding hydrogens is 354 g/mol. The van der Waals surface area contributed by atoms with E-state index in [1.165, 1.54) is 0 Å². The third-order valence-electron chi connectivity index (χ3n) is 4.05. The van der Waals surface area contributed by atoms with Crippen molar-refractivity contribution >= 4 is 5.82 Å². The largest absolute Gasteiger partial charge is 0.473 e. The van der Waals surface area contributed by atoms with Crippen molar-refractivity contribution in [3.63, 3.8) is 0 Å². The van der Waals surface area contributed by atoms with E-state index >= 15 is 0 Å².